The molecule has 0 unspecified atom stereocenters. The lowest BCUT2D eigenvalue weighted by molar-refractivity contribution is 0.0947. The van der Waals surface area contributed by atoms with Gasteiger partial charge in [-0.25, -0.2) is 8.78 Å². The number of nitrogen functional groups attached to an aromatic ring is 1. The maximum Gasteiger partial charge on any atom is 0.253 e. The summed E-state index contributed by atoms with van der Waals surface area (Å²) < 4.78 is 26.1. The number of hydrogen-bond donors (Lipinski definition) is 2. The minimum absolute atomic E-state index is 0.0302. The van der Waals surface area contributed by atoms with Crippen LogP contribution in [0.4, 0.5) is 14.5 Å². The molecule has 1 fully saturated rings. The van der Waals surface area contributed by atoms with E-state index < -0.39 is 17.5 Å². The van der Waals surface area contributed by atoms with Gasteiger partial charge in [0.1, 0.15) is 0 Å². The minimum atomic E-state index is -1.07. The van der Waals surface area contributed by atoms with E-state index in [0.717, 1.165) is 18.7 Å². The molecule has 0 radical (unpaired) electrons. The molecule has 0 saturated heterocycles. The quantitative estimate of drug-likeness (QED) is 0.819. The summed E-state index contributed by atoms with van der Waals surface area (Å²) in [5.74, 6) is -2.60. The van der Waals surface area contributed by atoms with E-state index in [1.807, 2.05) is 7.05 Å². The van der Waals surface area contributed by atoms with Crippen LogP contribution in [0.15, 0.2) is 12.1 Å². The van der Waals surface area contributed by atoms with Crippen molar-refractivity contribution in [2.24, 2.45) is 0 Å². The molecule has 116 valence electrons. The summed E-state index contributed by atoms with van der Waals surface area (Å²) in [6.07, 6.45) is 4.90. The standard InChI is InChI=1S/C15H21F2N3O/c1-20(10-4-2-3-5-10)7-6-19-15(21)11-8-12(16)13(17)9-14(11)18/h8-10H,2-7,18H2,1H3,(H,19,21). The normalized spacial score (nSPS) is 15.6. The number of nitrogens with two attached hydrogens (primary N) is 1. The van der Waals surface area contributed by atoms with Gasteiger partial charge in [0.05, 0.1) is 5.56 Å². The molecule has 0 atom stereocenters. The first-order valence-electron chi connectivity index (χ1n) is 7.22. The maximum absolute atomic E-state index is 13.2. The van der Waals surface area contributed by atoms with Crippen LogP contribution in [0.25, 0.3) is 0 Å². The lowest BCUT2D eigenvalue weighted by Gasteiger charge is -2.23. The Morgan fingerprint density at radius 2 is 1.95 bits per heavy atom. The molecule has 6 heteroatoms. The number of amides is 1. The number of nitrogens with zero attached hydrogens (tertiary/aromatic N) is 1. The topological polar surface area (TPSA) is 58.4 Å². The van der Waals surface area contributed by atoms with E-state index in [0.29, 0.717) is 12.6 Å². The average Bonchev–Trinajstić information content (AvgIpc) is 2.96. The van der Waals surface area contributed by atoms with Crippen molar-refractivity contribution in [3.63, 3.8) is 0 Å². The smallest absolute Gasteiger partial charge is 0.253 e. The molecule has 0 aromatic heterocycles. The van der Waals surface area contributed by atoms with Crippen molar-refractivity contribution in [1.29, 1.82) is 0 Å². The fraction of sp³-hybridized carbons (Fsp3) is 0.533. The first-order chi connectivity index (χ1) is 9.99. The Balaban J connectivity index is 1.85. The molecule has 1 amide bonds. The molecule has 1 aromatic carbocycles. The van der Waals surface area contributed by atoms with Crippen molar-refractivity contribution in [3.8, 4) is 0 Å². The highest BCUT2D eigenvalue weighted by Crippen LogP contribution is 2.22. The van der Waals surface area contributed by atoms with Crippen LogP contribution in [0, 0.1) is 11.6 Å². The van der Waals surface area contributed by atoms with Crippen molar-refractivity contribution in [3.05, 3.63) is 29.3 Å². The van der Waals surface area contributed by atoms with E-state index in [2.05, 4.69) is 10.2 Å². The largest absolute Gasteiger partial charge is 0.398 e. The molecular weight excluding hydrogens is 276 g/mol. The fourth-order valence-corrected chi connectivity index (χ4v) is 2.73. The predicted octanol–water partition coefficient (Wildman–Crippen LogP) is 2.15. The molecule has 1 aliphatic rings. The van der Waals surface area contributed by atoms with E-state index in [-0.39, 0.29) is 11.3 Å². The summed E-state index contributed by atoms with van der Waals surface area (Å²) in [4.78, 5) is 14.2. The summed E-state index contributed by atoms with van der Waals surface area (Å²) in [5.41, 5.74) is 5.45. The Hall–Kier alpha value is -1.69. The van der Waals surface area contributed by atoms with Gasteiger partial charge in [0.2, 0.25) is 0 Å². The number of carbonyl (C=O) groups excluding carboxylic acids is 1. The Kier molecular flexibility index (Phi) is 5.12. The fourth-order valence-electron chi connectivity index (χ4n) is 2.73. The second-order valence-corrected chi connectivity index (χ2v) is 5.53. The van der Waals surface area contributed by atoms with Crippen LogP contribution in [0.3, 0.4) is 0 Å². The van der Waals surface area contributed by atoms with Crippen LogP contribution in [0.2, 0.25) is 0 Å². The predicted molar refractivity (Wildman–Crippen MR) is 78.0 cm³/mol. The van der Waals surface area contributed by atoms with Crippen molar-refractivity contribution < 1.29 is 13.6 Å². The SMILES string of the molecule is CN(CCNC(=O)c1cc(F)c(F)cc1N)C1CCCC1. The number of nitrogens with one attached hydrogen (secondary N) is 1. The summed E-state index contributed by atoms with van der Waals surface area (Å²) in [7, 11) is 2.04. The monoisotopic (exact) mass is 297 g/mol. The Morgan fingerprint density at radius 1 is 1.33 bits per heavy atom. The molecule has 1 aliphatic carbocycles. The third-order valence-corrected chi connectivity index (χ3v) is 4.04. The number of hydrogen-bond acceptors (Lipinski definition) is 3. The summed E-state index contributed by atoms with van der Waals surface area (Å²) >= 11 is 0. The van der Waals surface area contributed by atoms with Crippen LogP contribution in [-0.2, 0) is 0 Å². The van der Waals surface area contributed by atoms with Crippen molar-refractivity contribution in [2.75, 3.05) is 25.9 Å². The number of benzene rings is 1. The number of likely N-dealkylation sites (N-methyl/N-ethyl adjacent to an activating group) is 1. The highest BCUT2D eigenvalue weighted by atomic mass is 19.2. The van der Waals surface area contributed by atoms with Crippen molar-refractivity contribution >= 4 is 11.6 Å². The second kappa shape index (κ2) is 6.85. The third kappa shape index (κ3) is 3.91. The summed E-state index contributed by atoms with van der Waals surface area (Å²) in [6, 6.07) is 2.24. The van der Waals surface area contributed by atoms with Crippen LogP contribution < -0.4 is 11.1 Å². The number of halogens is 2. The maximum atomic E-state index is 13.2. The van der Waals surface area contributed by atoms with E-state index in [1.54, 1.807) is 0 Å². The lowest BCUT2D eigenvalue weighted by atomic mass is 10.1. The van der Waals surface area contributed by atoms with Gasteiger partial charge < -0.3 is 16.0 Å². The molecule has 3 N–H and O–H groups in total. The van der Waals surface area contributed by atoms with Crippen molar-refractivity contribution in [2.45, 2.75) is 31.7 Å². The molecule has 0 heterocycles. The summed E-state index contributed by atoms with van der Waals surface area (Å²) in [6.45, 7) is 1.17. The first-order valence-corrected chi connectivity index (χ1v) is 7.22. The third-order valence-electron chi connectivity index (χ3n) is 4.04. The molecule has 1 aromatic rings. The average molecular weight is 297 g/mol. The van der Waals surface area contributed by atoms with E-state index in [9.17, 15) is 13.6 Å². The van der Waals surface area contributed by atoms with Gasteiger partial charge in [-0.15, -0.1) is 0 Å². The molecule has 1 saturated carbocycles. The molecule has 4 nitrogen and oxygen atoms in total. The Bertz CT molecular complexity index is 516. The summed E-state index contributed by atoms with van der Waals surface area (Å²) in [5, 5.41) is 2.69. The van der Waals surface area contributed by atoms with Crippen LogP contribution in [0.5, 0.6) is 0 Å². The zero-order chi connectivity index (χ0) is 15.4. The molecule has 21 heavy (non-hydrogen) atoms. The Morgan fingerprint density at radius 3 is 2.62 bits per heavy atom. The molecule has 0 spiro atoms. The van der Waals surface area contributed by atoms with Crippen LogP contribution >= 0.6 is 0 Å². The highest BCUT2D eigenvalue weighted by molar-refractivity contribution is 5.99. The zero-order valence-corrected chi connectivity index (χ0v) is 12.2. The van der Waals surface area contributed by atoms with Gasteiger partial charge in [0, 0.05) is 30.9 Å². The van der Waals surface area contributed by atoms with Crippen LogP contribution in [0.1, 0.15) is 36.0 Å². The molecule has 0 aliphatic heterocycles. The van der Waals surface area contributed by atoms with E-state index in [4.69, 9.17) is 5.73 Å². The molecule has 2 rings (SSSR count). The van der Waals surface area contributed by atoms with Gasteiger partial charge in [-0.3, -0.25) is 4.79 Å². The van der Waals surface area contributed by atoms with E-state index in [1.165, 1.54) is 25.7 Å². The van der Waals surface area contributed by atoms with Gasteiger partial charge >= 0.3 is 0 Å². The Labute approximate surface area is 123 Å². The molecule has 0 bridgehead atoms. The van der Waals surface area contributed by atoms with Crippen molar-refractivity contribution in [1.82, 2.24) is 10.2 Å². The highest BCUT2D eigenvalue weighted by Gasteiger charge is 2.19. The number of anilines is 1. The first kappa shape index (κ1) is 15.7. The van der Waals surface area contributed by atoms with E-state index >= 15 is 0 Å². The molecular formula is C15H21F2N3O. The van der Waals surface area contributed by atoms with Gasteiger partial charge in [0.25, 0.3) is 5.91 Å². The van der Waals surface area contributed by atoms with Gasteiger partial charge in [-0.2, -0.15) is 0 Å². The zero-order valence-electron chi connectivity index (χ0n) is 12.2. The van der Waals surface area contributed by atoms with Gasteiger partial charge in [-0.1, -0.05) is 12.8 Å². The number of rotatable bonds is 5. The lowest BCUT2D eigenvalue weighted by Crippen LogP contribution is -2.37. The van der Waals surface area contributed by atoms with Gasteiger partial charge in [0.15, 0.2) is 11.6 Å². The van der Waals surface area contributed by atoms with Crippen LogP contribution in [-0.4, -0.2) is 37.0 Å². The minimum Gasteiger partial charge on any atom is -0.398 e. The number of carbonyl (C=O) groups is 1. The second-order valence-electron chi connectivity index (χ2n) is 5.53. The van der Waals surface area contributed by atoms with Gasteiger partial charge in [-0.05, 0) is 26.0 Å².